The van der Waals surface area contributed by atoms with Gasteiger partial charge < -0.3 is 0 Å². The number of hydrogen-bond acceptors (Lipinski definition) is 4. The molecular weight excluding hydrogens is 340 g/mol. The van der Waals surface area contributed by atoms with Crippen LogP contribution in [-0.2, 0) is 6.54 Å². The van der Waals surface area contributed by atoms with Gasteiger partial charge in [-0.25, -0.2) is 18.7 Å². The smallest absolute Gasteiger partial charge is 0.260 e. The number of aryl methyl sites for hydroxylation is 1. The van der Waals surface area contributed by atoms with E-state index >= 15 is 0 Å². The minimum atomic E-state index is -2.57. The predicted molar refractivity (Wildman–Crippen MR) is 97.4 cm³/mol. The summed E-state index contributed by atoms with van der Waals surface area (Å²) in [5.74, 6) is -1.19. The molecule has 6 heteroatoms. The molecule has 2 aromatic rings. The highest BCUT2D eigenvalue weighted by molar-refractivity contribution is 7.18. The number of hydrogen-bond donors (Lipinski definition) is 0. The monoisotopic (exact) mass is 365 g/mol. The van der Waals surface area contributed by atoms with E-state index in [1.807, 2.05) is 11.8 Å². The molecule has 0 spiro atoms. The van der Waals surface area contributed by atoms with Crippen molar-refractivity contribution >= 4 is 21.6 Å². The van der Waals surface area contributed by atoms with E-state index in [2.05, 4.69) is 16.0 Å². The Morgan fingerprint density at radius 3 is 2.76 bits per heavy atom. The van der Waals surface area contributed by atoms with Gasteiger partial charge in [0.15, 0.2) is 0 Å². The number of alkyl halides is 2. The zero-order chi connectivity index (χ0) is 17.4. The number of rotatable bonds is 3. The lowest BCUT2D eigenvalue weighted by Crippen LogP contribution is -2.42. The Hall–Kier alpha value is -1.14. The molecule has 1 aliphatic heterocycles. The zero-order valence-electron chi connectivity index (χ0n) is 14.7. The third kappa shape index (κ3) is 3.85. The molecule has 3 heterocycles. The summed E-state index contributed by atoms with van der Waals surface area (Å²) in [5.41, 5.74) is 0.915. The SMILES string of the molecule is Cc1nc(CN2CCCC(F)(F)C2)c2cc(C3CCCCC3)sc2n1. The normalized spacial score (nSPS) is 22.5. The van der Waals surface area contributed by atoms with Crippen molar-refractivity contribution in [3.63, 3.8) is 0 Å². The lowest BCUT2D eigenvalue weighted by atomic mass is 9.88. The average molecular weight is 365 g/mol. The molecule has 0 aromatic carbocycles. The summed E-state index contributed by atoms with van der Waals surface area (Å²) in [7, 11) is 0. The molecular formula is C19H25F2N3S. The molecule has 0 radical (unpaired) electrons. The molecule has 0 amide bonds. The maximum atomic E-state index is 13.7. The minimum absolute atomic E-state index is 0.00594. The van der Waals surface area contributed by atoms with Gasteiger partial charge in [0, 0.05) is 23.2 Å². The van der Waals surface area contributed by atoms with Gasteiger partial charge in [-0.1, -0.05) is 19.3 Å². The van der Waals surface area contributed by atoms with Crippen LogP contribution in [0.5, 0.6) is 0 Å². The Morgan fingerprint density at radius 1 is 1.20 bits per heavy atom. The molecule has 0 N–H and O–H groups in total. The third-order valence-corrected chi connectivity index (χ3v) is 6.65. The topological polar surface area (TPSA) is 29.0 Å². The molecule has 0 atom stereocenters. The molecule has 1 aliphatic carbocycles. The Morgan fingerprint density at radius 2 is 2.00 bits per heavy atom. The summed E-state index contributed by atoms with van der Waals surface area (Å²) < 4.78 is 27.5. The summed E-state index contributed by atoms with van der Waals surface area (Å²) in [6.07, 6.45) is 7.02. The third-order valence-electron chi connectivity index (χ3n) is 5.46. The van der Waals surface area contributed by atoms with Crippen LogP contribution in [0, 0.1) is 6.92 Å². The van der Waals surface area contributed by atoms with Crippen molar-refractivity contribution in [2.24, 2.45) is 0 Å². The highest BCUT2D eigenvalue weighted by Crippen LogP contribution is 2.39. The molecule has 2 fully saturated rings. The van der Waals surface area contributed by atoms with E-state index in [9.17, 15) is 8.78 Å². The van der Waals surface area contributed by atoms with E-state index in [-0.39, 0.29) is 13.0 Å². The second-order valence-electron chi connectivity index (χ2n) is 7.59. The van der Waals surface area contributed by atoms with Crippen molar-refractivity contribution in [1.29, 1.82) is 0 Å². The van der Waals surface area contributed by atoms with Gasteiger partial charge in [-0.05, 0) is 44.7 Å². The predicted octanol–water partition coefficient (Wildman–Crippen LogP) is 5.28. The van der Waals surface area contributed by atoms with Crippen LogP contribution in [0.1, 0.15) is 67.3 Å². The highest BCUT2D eigenvalue weighted by Gasteiger charge is 2.35. The Kier molecular flexibility index (Phi) is 4.75. The summed E-state index contributed by atoms with van der Waals surface area (Å²) in [5, 5.41) is 1.07. The van der Waals surface area contributed by atoms with Gasteiger partial charge >= 0.3 is 0 Å². The largest absolute Gasteiger partial charge is 0.292 e. The Balaban J connectivity index is 1.62. The van der Waals surface area contributed by atoms with Crippen molar-refractivity contribution in [3.8, 4) is 0 Å². The van der Waals surface area contributed by atoms with Gasteiger partial charge in [-0.15, -0.1) is 11.3 Å². The van der Waals surface area contributed by atoms with Crippen LogP contribution in [0.4, 0.5) is 8.78 Å². The fourth-order valence-corrected chi connectivity index (χ4v) is 5.49. The van der Waals surface area contributed by atoms with E-state index in [0.29, 0.717) is 18.9 Å². The number of fused-ring (bicyclic) bond motifs is 1. The maximum Gasteiger partial charge on any atom is 0.260 e. The molecule has 25 heavy (non-hydrogen) atoms. The van der Waals surface area contributed by atoms with Crippen LogP contribution in [0.2, 0.25) is 0 Å². The van der Waals surface area contributed by atoms with E-state index in [1.54, 1.807) is 11.3 Å². The number of piperidine rings is 1. The minimum Gasteiger partial charge on any atom is -0.292 e. The van der Waals surface area contributed by atoms with E-state index in [4.69, 9.17) is 0 Å². The lowest BCUT2D eigenvalue weighted by Gasteiger charge is -2.32. The lowest BCUT2D eigenvalue weighted by molar-refractivity contribution is -0.0662. The molecule has 0 unspecified atom stereocenters. The number of likely N-dealkylation sites (tertiary alicyclic amines) is 1. The molecule has 3 nitrogen and oxygen atoms in total. The first-order valence-corrected chi connectivity index (χ1v) is 10.2. The first-order valence-electron chi connectivity index (χ1n) is 9.37. The second kappa shape index (κ2) is 6.88. The molecule has 1 saturated carbocycles. The first kappa shape index (κ1) is 17.3. The van der Waals surface area contributed by atoms with Crippen LogP contribution >= 0.6 is 11.3 Å². The van der Waals surface area contributed by atoms with E-state index < -0.39 is 5.92 Å². The van der Waals surface area contributed by atoms with Gasteiger partial charge in [0.25, 0.3) is 5.92 Å². The molecule has 136 valence electrons. The van der Waals surface area contributed by atoms with Crippen molar-refractivity contribution < 1.29 is 8.78 Å². The van der Waals surface area contributed by atoms with Crippen molar-refractivity contribution in [1.82, 2.24) is 14.9 Å². The first-order chi connectivity index (χ1) is 12.0. The Bertz CT molecular complexity index is 752. The Labute approximate surface area is 151 Å². The van der Waals surface area contributed by atoms with Crippen LogP contribution < -0.4 is 0 Å². The molecule has 4 rings (SSSR count). The maximum absolute atomic E-state index is 13.7. The van der Waals surface area contributed by atoms with Gasteiger partial charge in [-0.2, -0.15) is 0 Å². The van der Waals surface area contributed by atoms with Crippen molar-refractivity contribution in [2.45, 2.75) is 70.3 Å². The van der Waals surface area contributed by atoms with E-state index in [1.165, 1.54) is 37.0 Å². The number of nitrogens with zero attached hydrogens (tertiary/aromatic N) is 3. The summed E-state index contributed by atoms with van der Waals surface area (Å²) in [4.78, 5) is 13.5. The molecule has 0 bridgehead atoms. The van der Waals surface area contributed by atoms with Crippen LogP contribution in [0.15, 0.2) is 6.07 Å². The van der Waals surface area contributed by atoms with Gasteiger partial charge in [0.05, 0.1) is 12.2 Å². The molecule has 1 saturated heterocycles. The second-order valence-corrected chi connectivity index (χ2v) is 8.65. The highest BCUT2D eigenvalue weighted by atomic mass is 32.1. The van der Waals surface area contributed by atoms with Crippen molar-refractivity contribution in [2.75, 3.05) is 13.1 Å². The molecule has 2 aromatic heterocycles. The van der Waals surface area contributed by atoms with Crippen LogP contribution in [0.25, 0.3) is 10.2 Å². The fraction of sp³-hybridized carbons (Fsp3) is 0.684. The number of aromatic nitrogens is 2. The quantitative estimate of drug-likeness (QED) is 0.741. The van der Waals surface area contributed by atoms with Gasteiger partial charge in [0.2, 0.25) is 0 Å². The van der Waals surface area contributed by atoms with E-state index in [0.717, 1.165) is 28.3 Å². The zero-order valence-corrected chi connectivity index (χ0v) is 15.5. The summed E-state index contributed by atoms with van der Waals surface area (Å²) in [6.45, 7) is 2.96. The van der Waals surface area contributed by atoms with Crippen molar-refractivity contribution in [3.05, 3.63) is 22.5 Å². The standard InChI is InChI=1S/C19H25F2N3S/c1-13-22-16(11-24-9-5-8-19(20,21)12-24)15-10-17(25-18(15)23-13)14-6-3-2-4-7-14/h10,14H,2-9,11-12H2,1H3. The van der Waals surface area contributed by atoms with Gasteiger partial charge in [-0.3, -0.25) is 4.90 Å². The fourth-order valence-electron chi connectivity index (χ4n) is 4.22. The number of thiophene rings is 1. The molecule has 2 aliphatic rings. The summed E-state index contributed by atoms with van der Waals surface area (Å²) in [6, 6.07) is 2.24. The van der Waals surface area contributed by atoms with Crippen LogP contribution in [0.3, 0.4) is 0 Å². The van der Waals surface area contributed by atoms with Gasteiger partial charge in [0.1, 0.15) is 10.7 Å². The summed E-state index contributed by atoms with van der Waals surface area (Å²) >= 11 is 1.78. The van der Waals surface area contributed by atoms with Crippen LogP contribution in [-0.4, -0.2) is 33.9 Å². The average Bonchev–Trinajstić information content (AvgIpc) is 2.99. The number of halogens is 2.